The Morgan fingerprint density at radius 3 is 1.95 bits per heavy atom. The number of hydrogen-bond acceptors (Lipinski definition) is 4. The van der Waals surface area contributed by atoms with Crippen molar-refractivity contribution in [3.05, 3.63) is 12.4 Å². The SMILES string of the molecule is FC(F)(F)C1CCN(c2cc(N3CCCCC3)ncn2)CC1. The van der Waals surface area contributed by atoms with Crippen molar-refractivity contribution < 1.29 is 13.2 Å². The van der Waals surface area contributed by atoms with Crippen LogP contribution in [0.1, 0.15) is 32.1 Å². The molecule has 0 saturated carbocycles. The molecule has 2 fully saturated rings. The lowest BCUT2D eigenvalue weighted by Gasteiger charge is -2.34. The average molecular weight is 314 g/mol. The van der Waals surface area contributed by atoms with Gasteiger partial charge in [0.25, 0.3) is 0 Å². The van der Waals surface area contributed by atoms with Crippen LogP contribution in [0.2, 0.25) is 0 Å². The fourth-order valence-electron chi connectivity index (χ4n) is 3.24. The van der Waals surface area contributed by atoms with Crippen LogP contribution < -0.4 is 9.80 Å². The summed E-state index contributed by atoms with van der Waals surface area (Å²) in [4.78, 5) is 12.7. The highest BCUT2D eigenvalue weighted by Crippen LogP contribution is 2.35. The van der Waals surface area contributed by atoms with Crippen LogP contribution in [0.4, 0.5) is 24.8 Å². The van der Waals surface area contributed by atoms with Crippen LogP contribution >= 0.6 is 0 Å². The Hall–Kier alpha value is -1.53. The molecule has 0 spiro atoms. The molecule has 4 nitrogen and oxygen atoms in total. The van der Waals surface area contributed by atoms with E-state index in [1.807, 2.05) is 11.0 Å². The second kappa shape index (κ2) is 6.30. The van der Waals surface area contributed by atoms with Gasteiger partial charge in [-0.15, -0.1) is 0 Å². The predicted molar refractivity (Wildman–Crippen MR) is 79.1 cm³/mol. The molecule has 2 aliphatic rings. The van der Waals surface area contributed by atoms with Gasteiger partial charge in [-0.3, -0.25) is 0 Å². The Morgan fingerprint density at radius 2 is 1.41 bits per heavy atom. The van der Waals surface area contributed by atoms with Crippen molar-refractivity contribution in [2.24, 2.45) is 5.92 Å². The van der Waals surface area contributed by atoms with Gasteiger partial charge in [0.15, 0.2) is 0 Å². The van der Waals surface area contributed by atoms with Crippen LogP contribution in [0.3, 0.4) is 0 Å². The molecule has 0 N–H and O–H groups in total. The number of nitrogens with zero attached hydrogens (tertiary/aromatic N) is 4. The Labute approximate surface area is 128 Å². The molecule has 0 amide bonds. The Bertz CT molecular complexity index is 492. The maximum absolute atomic E-state index is 12.7. The molecule has 22 heavy (non-hydrogen) atoms. The van der Waals surface area contributed by atoms with E-state index in [4.69, 9.17) is 0 Å². The molecule has 2 saturated heterocycles. The second-order valence-corrected chi connectivity index (χ2v) is 6.09. The summed E-state index contributed by atoms with van der Waals surface area (Å²) in [6.07, 6.45) is 1.32. The summed E-state index contributed by atoms with van der Waals surface area (Å²) in [6.45, 7) is 2.79. The molecule has 2 aliphatic heterocycles. The van der Waals surface area contributed by atoms with Crippen molar-refractivity contribution in [3.63, 3.8) is 0 Å². The molecule has 0 atom stereocenters. The van der Waals surface area contributed by atoms with Gasteiger partial charge in [0, 0.05) is 32.2 Å². The molecule has 122 valence electrons. The zero-order valence-corrected chi connectivity index (χ0v) is 12.5. The van der Waals surface area contributed by atoms with Gasteiger partial charge in [-0.1, -0.05) is 0 Å². The second-order valence-electron chi connectivity index (χ2n) is 6.09. The van der Waals surface area contributed by atoms with E-state index in [-0.39, 0.29) is 12.8 Å². The van der Waals surface area contributed by atoms with Gasteiger partial charge in [-0.2, -0.15) is 13.2 Å². The third-order valence-corrected chi connectivity index (χ3v) is 4.60. The van der Waals surface area contributed by atoms with E-state index in [1.54, 1.807) is 0 Å². The zero-order chi connectivity index (χ0) is 15.6. The van der Waals surface area contributed by atoms with Crippen molar-refractivity contribution in [2.45, 2.75) is 38.3 Å². The molecule has 3 rings (SSSR count). The summed E-state index contributed by atoms with van der Waals surface area (Å²) < 4.78 is 38.2. The Balaban J connectivity index is 1.66. The average Bonchev–Trinajstić information content (AvgIpc) is 2.55. The molecule has 1 aromatic rings. The highest BCUT2D eigenvalue weighted by Gasteiger charge is 2.41. The first-order valence-electron chi connectivity index (χ1n) is 7.93. The predicted octanol–water partition coefficient (Wildman–Crippen LogP) is 3.25. The van der Waals surface area contributed by atoms with E-state index >= 15 is 0 Å². The molecule has 0 unspecified atom stereocenters. The first-order valence-corrected chi connectivity index (χ1v) is 7.93. The maximum atomic E-state index is 12.7. The minimum Gasteiger partial charge on any atom is -0.356 e. The van der Waals surface area contributed by atoms with Crippen molar-refractivity contribution >= 4 is 11.6 Å². The fraction of sp³-hybridized carbons (Fsp3) is 0.733. The van der Waals surface area contributed by atoms with Crippen LogP contribution in [-0.2, 0) is 0 Å². The molecule has 3 heterocycles. The topological polar surface area (TPSA) is 32.3 Å². The molecule has 1 aromatic heterocycles. The smallest absolute Gasteiger partial charge is 0.356 e. The third-order valence-electron chi connectivity index (χ3n) is 4.60. The summed E-state index contributed by atoms with van der Waals surface area (Å²) in [7, 11) is 0. The Kier molecular flexibility index (Phi) is 4.40. The van der Waals surface area contributed by atoms with E-state index in [9.17, 15) is 13.2 Å². The van der Waals surface area contributed by atoms with Gasteiger partial charge in [0.1, 0.15) is 18.0 Å². The maximum Gasteiger partial charge on any atom is 0.391 e. The zero-order valence-electron chi connectivity index (χ0n) is 12.5. The lowest BCUT2D eigenvalue weighted by molar-refractivity contribution is -0.179. The van der Waals surface area contributed by atoms with Gasteiger partial charge in [-0.25, -0.2) is 9.97 Å². The number of alkyl halides is 3. The lowest BCUT2D eigenvalue weighted by Crippen LogP contribution is -2.39. The van der Waals surface area contributed by atoms with Crippen LogP contribution in [0.5, 0.6) is 0 Å². The molecular formula is C15H21F3N4. The number of anilines is 2. The molecule has 0 aliphatic carbocycles. The highest BCUT2D eigenvalue weighted by molar-refractivity contribution is 5.50. The number of rotatable bonds is 2. The standard InChI is InChI=1S/C15H21F3N4/c16-15(17,18)12-4-8-22(9-5-12)14-10-13(19-11-20-14)21-6-2-1-3-7-21/h10-12H,1-9H2. The summed E-state index contributed by atoms with van der Waals surface area (Å²) in [5.74, 6) is 0.464. The summed E-state index contributed by atoms with van der Waals surface area (Å²) in [5, 5.41) is 0. The van der Waals surface area contributed by atoms with Crippen LogP contribution in [0.25, 0.3) is 0 Å². The van der Waals surface area contributed by atoms with Gasteiger partial charge < -0.3 is 9.80 Å². The van der Waals surface area contributed by atoms with Crippen molar-refractivity contribution in [1.29, 1.82) is 0 Å². The number of hydrogen-bond donors (Lipinski definition) is 0. The lowest BCUT2D eigenvalue weighted by atomic mass is 9.96. The van der Waals surface area contributed by atoms with Crippen molar-refractivity contribution in [2.75, 3.05) is 36.0 Å². The molecule has 7 heteroatoms. The van der Waals surface area contributed by atoms with Crippen LogP contribution in [-0.4, -0.2) is 42.3 Å². The third kappa shape index (κ3) is 3.44. The largest absolute Gasteiger partial charge is 0.391 e. The van der Waals surface area contributed by atoms with Crippen LogP contribution in [0, 0.1) is 5.92 Å². The van der Waals surface area contributed by atoms with Crippen molar-refractivity contribution in [3.8, 4) is 0 Å². The van der Waals surface area contributed by atoms with E-state index in [0.717, 1.165) is 37.6 Å². The van der Waals surface area contributed by atoms with Crippen LogP contribution in [0.15, 0.2) is 12.4 Å². The molecular weight excluding hydrogens is 293 g/mol. The van der Waals surface area contributed by atoms with Gasteiger partial charge in [-0.05, 0) is 32.1 Å². The van der Waals surface area contributed by atoms with E-state index < -0.39 is 12.1 Å². The molecule has 0 radical (unpaired) electrons. The number of piperidine rings is 2. The summed E-state index contributed by atoms with van der Waals surface area (Å²) in [6, 6.07) is 1.92. The molecule has 0 bridgehead atoms. The number of halogens is 3. The number of aromatic nitrogens is 2. The van der Waals surface area contributed by atoms with E-state index in [1.165, 1.54) is 12.7 Å². The minimum absolute atomic E-state index is 0.145. The fourth-order valence-corrected chi connectivity index (χ4v) is 3.24. The van der Waals surface area contributed by atoms with E-state index in [2.05, 4.69) is 14.9 Å². The summed E-state index contributed by atoms with van der Waals surface area (Å²) in [5.41, 5.74) is 0. The summed E-state index contributed by atoms with van der Waals surface area (Å²) >= 11 is 0. The van der Waals surface area contributed by atoms with Gasteiger partial charge in [0.2, 0.25) is 0 Å². The van der Waals surface area contributed by atoms with Gasteiger partial charge >= 0.3 is 6.18 Å². The highest BCUT2D eigenvalue weighted by atomic mass is 19.4. The monoisotopic (exact) mass is 314 g/mol. The quantitative estimate of drug-likeness (QED) is 0.839. The normalized spacial score (nSPS) is 21.2. The Morgan fingerprint density at radius 1 is 0.864 bits per heavy atom. The van der Waals surface area contributed by atoms with Gasteiger partial charge in [0.05, 0.1) is 5.92 Å². The molecule has 0 aromatic carbocycles. The van der Waals surface area contributed by atoms with Crippen molar-refractivity contribution in [1.82, 2.24) is 9.97 Å². The first kappa shape index (κ1) is 15.4. The minimum atomic E-state index is -4.07. The first-order chi connectivity index (χ1) is 10.5. The van der Waals surface area contributed by atoms with E-state index in [0.29, 0.717) is 13.1 Å².